The molecule has 6 rings (SSSR count). The fourth-order valence-electron chi connectivity index (χ4n) is 5.87. The molecule has 3 aromatic carbocycles. The van der Waals surface area contributed by atoms with E-state index >= 15 is 4.39 Å². The number of fused-ring (bicyclic) bond motifs is 1. The normalized spacial score (nSPS) is 17.0. The number of hydrogen-bond acceptors (Lipinski definition) is 8. The lowest BCUT2D eigenvalue weighted by Gasteiger charge is -2.32. The molecular formula is C35H33F2N3O6. The first-order valence-electron chi connectivity index (χ1n) is 15.3. The van der Waals surface area contributed by atoms with Gasteiger partial charge in [0.05, 0.1) is 23.4 Å². The lowest BCUT2D eigenvalue weighted by Crippen LogP contribution is -2.43. The number of methoxy groups -OCH3 is 1. The first-order chi connectivity index (χ1) is 22.2. The summed E-state index contributed by atoms with van der Waals surface area (Å²) in [6.07, 6.45) is 4.47. The number of rotatable bonds is 10. The predicted octanol–water partition coefficient (Wildman–Crippen LogP) is 6.79. The van der Waals surface area contributed by atoms with Crippen molar-refractivity contribution in [2.24, 2.45) is 5.41 Å². The molecule has 46 heavy (non-hydrogen) atoms. The Bertz CT molecular complexity index is 1810. The molecule has 1 amide bonds. The van der Waals surface area contributed by atoms with Gasteiger partial charge < -0.3 is 19.1 Å². The van der Waals surface area contributed by atoms with Crippen molar-refractivity contribution in [3.8, 4) is 23.1 Å². The minimum atomic E-state index is -1.09. The zero-order chi connectivity index (χ0) is 32.4. The van der Waals surface area contributed by atoms with Crippen LogP contribution in [0.5, 0.6) is 23.1 Å². The SMILES string of the molecule is COc1cc2c(Oc3ccc(CC(=O)C4(C(=O)Cc5ccc(F)cc5)CC4)cc3F)ncnc2cc1OC(=O)N1CCCC[C@H]1C. The van der Waals surface area contributed by atoms with Crippen LogP contribution in [-0.2, 0) is 22.4 Å². The first-order valence-corrected chi connectivity index (χ1v) is 15.3. The second-order valence-corrected chi connectivity index (χ2v) is 11.9. The number of ketones is 2. The van der Waals surface area contributed by atoms with E-state index in [4.69, 9.17) is 14.2 Å². The summed E-state index contributed by atoms with van der Waals surface area (Å²) in [5, 5.41) is 0.402. The molecule has 2 fully saturated rings. The van der Waals surface area contributed by atoms with Gasteiger partial charge in [-0.2, -0.15) is 0 Å². The van der Waals surface area contributed by atoms with Crippen LogP contribution in [0.25, 0.3) is 10.9 Å². The highest BCUT2D eigenvalue weighted by Crippen LogP contribution is 2.49. The monoisotopic (exact) mass is 629 g/mol. The number of amides is 1. The molecule has 1 atom stereocenters. The van der Waals surface area contributed by atoms with Gasteiger partial charge in [0.2, 0.25) is 5.88 Å². The number of benzene rings is 3. The van der Waals surface area contributed by atoms with Gasteiger partial charge in [-0.05, 0) is 80.5 Å². The molecule has 2 heterocycles. The highest BCUT2D eigenvalue weighted by molar-refractivity contribution is 6.11. The fraction of sp³-hybridized carbons (Fsp3) is 0.343. The van der Waals surface area contributed by atoms with Crippen molar-refractivity contribution >= 4 is 28.6 Å². The van der Waals surface area contributed by atoms with E-state index in [9.17, 15) is 18.8 Å². The van der Waals surface area contributed by atoms with E-state index in [0.29, 0.717) is 41.4 Å². The molecule has 0 unspecified atom stereocenters. The van der Waals surface area contributed by atoms with Gasteiger partial charge in [-0.15, -0.1) is 0 Å². The van der Waals surface area contributed by atoms with Crippen molar-refractivity contribution in [1.29, 1.82) is 0 Å². The Morgan fingerprint density at radius 2 is 1.61 bits per heavy atom. The summed E-state index contributed by atoms with van der Waals surface area (Å²) in [6, 6.07) is 13.0. The summed E-state index contributed by atoms with van der Waals surface area (Å²) in [4.78, 5) is 49.2. The largest absolute Gasteiger partial charge is 0.493 e. The second kappa shape index (κ2) is 12.8. The lowest BCUT2D eigenvalue weighted by molar-refractivity contribution is -0.133. The number of likely N-dealkylation sites (tertiary alicyclic amines) is 1. The van der Waals surface area contributed by atoms with Crippen LogP contribution >= 0.6 is 0 Å². The van der Waals surface area contributed by atoms with Crippen LogP contribution in [0.4, 0.5) is 13.6 Å². The highest BCUT2D eigenvalue weighted by Gasteiger charge is 2.54. The number of carbonyl (C=O) groups excluding carboxylic acids is 3. The molecule has 0 spiro atoms. The third-order valence-corrected chi connectivity index (χ3v) is 8.78. The van der Waals surface area contributed by atoms with Gasteiger partial charge in [0.1, 0.15) is 12.1 Å². The molecule has 0 bridgehead atoms. The first kappa shape index (κ1) is 31.1. The fourth-order valence-corrected chi connectivity index (χ4v) is 5.87. The second-order valence-electron chi connectivity index (χ2n) is 11.9. The number of piperidine rings is 1. The molecule has 1 aromatic heterocycles. The van der Waals surface area contributed by atoms with Crippen molar-refractivity contribution in [3.05, 3.63) is 83.7 Å². The van der Waals surface area contributed by atoms with Gasteiger partial charge in [-0.3, -0.25) is 9.59 Å². The summed E-state index contributed by atoms with van der Waals surface area (Å²) in [7, 11) is 1.44. The minimum absolute atomic E-state index is 0.0341. The Morgan fingerprint density at radius 1 is 0.891 bits per heavy atom. The van der Waals surface area contributed by atoms with Crippen LogP contribution in [0.1, 0.15) is 50.2 Å². The third-order valence-electron chi connectivity index (χ3n) is 8.78. The molecule has 2 aliphatic rings. The maximum absolute atomic E-state index is 15.3. The maximum atomic E-state index is 15.3. The van der Waals surface area contributed by atoms with E-state index in [1.54, 1.807) is 23.1 Å². The Balaban J connectivity index is 1.16. The number of hydrogen-bond donors (Lipinski definition) is 0. The molecule has 11 heteroatoms. The number of carbonyl (C=O) groups is 3. The van der Waals surface area contributed by atoms with Crippen LogP contribution in [0.3, 0.4) is 0 Å². The number of Topliss-reactive ketones (excluding diaryl/α,β-unsaturated/α-hetero) is 2. The molecule has 1 aliphatic heterocycles. The molecule has 238 valence electrons. The number of aromatic nitrogens is 2. The van der Waals surface area contributed by atoms with E-state index in [1.807, 2.05) is 6.92 Å². The maximum Gasteiger partial charge on any atom is 0.415 e. The van der Waals surface area contributed by atoms with Gasteiger partial charge in [-0.25, -0.2) is 23.5 Å². The van der Waals surface area contributed by atoms with Crippen LogP contribution < -0.4 is 14.2 Å². The van der Waals surface area contributed by atoms with Gasteiger partial charge in [0, 0.05) is 31.5 Å². The summed E-state index contributed by atoms with van der Waals surface area (Å²) < 4.78 is 45.5. The third kappa shape index (κ3) is 6.40. The molecule has 1 saturated carbocycles. The van der Waals surface area contributed by atoms with E-state index in [-0.39, 0.29) is 53.6 Å². The summed E-state index contributed by atoms with van der Waals surface area (Å²) in [5.41, 5.74) is 0.345. The van der Waals surface area contributed by atoms with Gasteiger partial charge in [-0.1, -0.05) is 18.2 Å². The van der Waals surface area contributed by atoms with Gasteiger partial charge in [0.25, 0.3) is 0 Å². The topological polar surface area (TPSA) is 108 Å². The zero-order valence-electron chi connectivity index (χ0n) is 25.6. The van der Waals surface area contributed by atoms with Gasteiger partial charge in [0.15, 0.2) is 34.6 Å². The van der Waals surface area contributed by atoms with Crippen LogP contribution in [0.15, 0.2) is 60.9 Å². The van der Waals surface area contributed by atoms with E-state index in [0.717, 1.165) is 19.3 Å². The number of halogens is 2. The number of ether oxygens (including phenoxy) is 3. The van der Waals surface area contributed by atoms with Gasteiger partial charge >= 0.3 is 6.09 Å². The Kier molecular flexibility index (Phi) is 8.66. The standard InChI is InChI=1S/C35H33F2N3O6/c1-21-5-3-4-14-40(21)34(43)46-30-19-27-25(18-29(30)44-2)33(39-20-38-27)45-28-11-8-23(15-26(28)37)17-32(42)35(12-13-35)31(41)16-22-6-9-24(36)10-7-22/h6-11,15,18-21H,3-5,12-14,16-17H2,1-2H3/t21-/m1/s1. The Hall–Kier alpha value is -4.93. The predicted molar refractivity (Wildman–Crippen MR) is 164 cm³/mol. The summed E-state index contributed by atoms with van der Waals surface area (Å²) >= 11 is 0. The molecule has 4 aromatic rings. The average Bonchev–Trinajstić information content (AvgIpc) is 3.86. The van der Waals surface area contributed by atoms with Crippen LogP contribution in [-0.4, -0.2) is 52.2 Å². The van der Waals surface area contributed by atoms with Crippen molar-refractivity contribution in [2.75, 3.05) is 13.7 Å². The van der Waals surface area contributed by atoms with Crippen molar-refractivity contribution in [3.63, 3.8) is 0 Å². The highest BCUT2D eigenvalue weighted by atomic mass is 19.1. The van der Waals surface area contributed by atoms with Crippen LogP contribution in [0, 0.1) is 17.0 Å². The lowest BCUT2D eigenvalue weighted by atomic mass is 9.88. The van der Waals surface area contributed by atoms with Crippen molar-refractivity contribution in [2.45, 2.75) is 57.9 Å². The smallest absolute Gasteiger partial charge is 0.415 e. The molecule has 0 radical (unpaired) electrons. The molecule has 1 aliphatic carbocycles. The van der Waals surface area contributed by atoms with E-state index in [1.165, 1.54) is 49.8 Å². The van der Waals surface area contributed by atoms with E-state index in [2.05, 4.69) is 9.97 Å². The van der Waals surface area contributed by atoms with Crippen molar-refractivity contribution < 1.29 is 37.4 Å². The Morgan fingerprint density at radius 3 is 2.28 bits per heavy atom. The molecule has 1 saturated heterocycles. The molecular weight excluding hydrogens is 596 g/mol. The quantitative estimate of drug-likeness (QED) is 0.177. The molecule has 9 nitrogen and oxygen atoms in total. The van der Waals surface area contributed by atoms with Crippen molar-refractivity contribution in [1.82, 2.24) is 14.9 Å². The van der Waals surface area contributed by atoms with Crippen LogP contribution in [0.2, 0.25) is 0 Å². The molecule has 0 N–H and O–H groups in total. The minimum Gasteiger partial charge on any atom is -0.493 e. The average molecular weight is 630 g/mol. The van der Waals surface area contributed by atoms with E-state index < -0.39 is 23.1 Å². The number of nitrogens with zero attached hydrogens (tertiary/aromatic N) is 3. The Labute approximate surface area is 264 Å². The summed E-state index contributed by atoms with van der Waals surface area (Å²) in [6.45, 7) is 2.60. The summed E-state index contributed by atoms with van der Waals surface area (Å²) in [5.74, 6) is -1.23. The zero-order valence-corrected chi connectivity index (χ0v) is 25.6.